The number of hydrogen-bond acceptors (Lipinski definition) is 4. The second-order valence-corrected chi connectivity index (χ2v) is 4.00. The predicted molar refractivity (Wildman–Crippen MR) is 67.4 cm³/mol. The quantitative estimate of drug-likeness (QED) is 0.832. The molecule has 0 amide bonds. The number of pyridine rings is 1. The SMILES string of the molecule is NC/C=C/CNc1nc2c(Br)cccn2n1. The summed E-state index contributed by atoms with van der Waals surface area (Å²) in [7, 11) is 0. The van der Waals surface area contributed by atoms with Crippen LogP contribution in [0.4, 0.5) is 5.95 Å². The molecule has 84 valence electrons. The fourth-order valence-corrected chi connectivity index (χ4v) is 1.70. The molecule has 2 aromatic heterocycles. The molecular weight excluding hydrogens is 270 g/mol. The summed E-state index contributed by atoms with van der Waals surface area (Å²) < 4.78 is 2.65. The summed E-state index contributed by atoms with van der Waals surface area (Å²) in [6.45, 7) is 1.22. The van der Waals surface area contributed by atoms with Crippen molar-refractivity contribution in [2.45, 2.75) is 0 Å². The number of fused-ring (bicyclic) bond motifs is 1. The van der Waals surface area contributed by atoms with Crippen LogP contribution in [-0.2, 0) is 0 Å². The van der Waals surface area contributed by atoms with Crippen molar-refractivity contribution in [2.24, 2.45) is 5.73 Å². The molecule has 0 aromatic carbocycles. The smallest absolute Gasteiger partial charge is 0.243 e. The third-order valence-corrected chi connectivity index (χ3v) is 2.61. The van der Waals surface area contributed by atoms with Crippen LogP contribution < -0.4 is 11.1 Å². The van der Waals surface area contributed by atoms with E-state index in [0.29, 0.717) is 19.0 Å². The number of nitrogens with two attached hydrogens (primary N) is 1. The van der Waals surface area contributed by atoms with E-state index >= 15 is 0 Å². The fraction of sp³-hybridized carbons (Fsp3) is 0.200. The standard InChI is InChI=1S/C10H12BrN5/c11-8-4-3-7-16-9(8)14-10(15-16)13-6-2-1-5-12/h1-4,7H,5-6,12H2,(H,13,15)/b2-1+. The molecule has 0 fully saturated rings. The fourth-order valence-electron chi connectivity index (χ4n) is 1.28. The third-order valence-electron chi connectivity index (χ3n) is 2.00. The largest absolute Gasteiger partial charge is 0.349 e. The summed E-state index contributed by atoms with van der Waals surface area (Å²) in [4.78, 5) is 4.34. The number of anilines is 1. The van der Waals surface area contributed by atoms with Gasteiger partial charge in [0.25, 0.3) is 0 Å². The van der Waals surface area contributed by atoms with Crippen LogP contribution in [0.1, 0.15) is 0 Å². The highest BCUT2D eigenvalue weighted by Gasteiger charge is 2.04. The highest BCUT2D eigenvalue weighted by Crippen LogP contribution is 2.16. The van der Waals surface area contributed by atoms with Crippen molar-refractivity contribution in [1.29, 1.82) is 0 Å². The maximum atomic E-state index is 5.33. The molecular formula is C10H12BrN5. The summed E-state index contributed by atoms with van der Waals surface area (Å²) in [6, 6.07) is 3.84. The van der Waals surface area contributed by atoms with Crippen molar-refractivity contribution in [3.8, 4) is 0 Å². The van der Waals surface area contributed by atoms with Gasteiger partial charge in [-0.05, 0) is 28.1 Å². The second kappa shape index (κ2) is 5.09. The molecule has 0 unspecified atom stereocenters. The molecule has 0 atom stereocenters. The Bertz CT molecular complexity index is 505. The van der Waals surface area contributed by atoms with Crippen molar-refractivity contribution >= 4 is 27.5 Å². The highest BCUT2D eigenvalue weighted by molar-refractivity contribution is 9.10. The van der Waals surface area contributed by atoms with Crippen LogP contribution in [-0.4, -0.2) is 27.7 Å². The van der Waals surface area contributed by atoms with Gasteiger partial charge in [-0.3, -0.25) is 0 Å². The van der Waals surface area contributed by atoms with Crippen LogP contribution in [0.15, 0.2) is 35.0 Å². The number of halogens is 1. The van der Waals surface area contributed by atoms with Crippen LogP contribution >= 0.6 is 15.9 Å². The molecule has 0 bridgehead atoms. The first kappa shape index (κ1) is 11.1. The Kier molecular flexibility index (Phi) is 3.53. The molecule has 6 heteroatoms. The molecule has 2 heterocycles. The van der Waals surface area contributed by atoms with E-state index in [2.05, 4.69) is 31.3 Å². The van der Waals surface area contributed by atoms with E-state index in [9.17, 15) is 0 Å². The molecule has 0 aliphatic rings. The van der Waals surface area contributed by atoms with Gasteiger partial charge < -0.3 is 11.1 Å². The zero-order chi connectivity index (χ0) is 11.4. The summed E-state index contributed by atoms with van der Waals surface area (Å²) >= 11 is 3.42. The van der Waals surface area contributed by atoms with Crippen LogP contribution in [0.5, 0.6) is 0 Å². The Hall–Kier alpha value is -1.40. The minimum atomic E-state index is 0.547. The zero-order valence-corrected chi connectivity index (χ0v) is 10.2. The average Bonchev–Trinajstić information content (AvgIpc) is 2.69. The second-order valence-electron chi connectivity index (χ2n) is 3.15. The predicted octanol–water partition coefficient (Wildman–Crippen LogP) is 1.42. The molecule has 5 nitrogen and oxygen atoms in total. The molecule has 0 aliphatic heterocycles. The van der Waals surface area contributed by atoms with Gasteiger partial charge in [0.15, 0.2) is 5.65 Å². The Morgan fingerprint density at radius 3 is 3.12 bits per heavy atom. The van der Waals surface area contributed by atoms with Gasteiger partial charge in [0.05, 0.1) is 4.47 Å². The van der Waals surface area contributed by atoms with Gasteiger partial charge in [-0.1, -0.05) is 12.2 Å². The van der Waals surface area contributed by atoms with E-state index in [0.717, 1.165) is 10.1 Å². The summed E-state index contributed by atoms with van der Waals surface area (Å²) in [5.74, 6) is 0.605. The Balaban J connectivity index is 2.14. The van der Waals surface area contributed by atoms with E-state index in [1.807, 2.05) is 30.5 Å². The number of nitrogens with zero attached hydrogens (tertiary/aromatic N) is 3. The maximum Gasteiger partial charge on any atom is 0.243 e. The molecule has 0 spiro atoms. The molecule has 2 aromatic rings. The van der Waals surface area contributed by atoms with Crippen molar-refractivity contribution in [2.75, 3.05) is 18.4 Å². The van der Waals surface area contributed by atoms with Crippen molar-refractivity contribution in [3.63, 3.8) is 0 Å². The number of aromatic nitrogens is 3. The molecule has 0 saturated heterocycles. The average molecular weight is 282 g/mol. The first-order valence-electron chi connectivity index (χ1n) is 4.91. The Labute approximate surface area is 101 Å². The lowest BCUT2D eigenvalue weighted by Crippen LogP contribution is -2.01. The van der Waals surface area contributed by atoms with Gasteiger partial charge in [0.2, 0.25) is 5.95 Å². The van der Waals surface area contributed by atoms with E-state index < -0.39 is 0 Å². The van der Waals surface area contributed by atoms with Gasteiger partial charge >= 0.3 is 0 Å². The summed E-state index contributed by atoms with van der Waals surface area (Å²) in [5, 5.41) is 7.36. The molecule has 16 heavy (non-hydrogen) atoms. The number of nitrogens with one attached hydrogen (secondary N) is 1. The number of hydrogen-bond donors (Lipinski definition) is 2. The molecule has 0 radical (unpaired) electrons. The lowest BCUT2D eigenvalue weighted by molar-refractivity contribution is 0.956. The van der Waals surface area contributed by atoms with Crippen LogP contribution in [0.3, 0.4) is 0 Å². The molecule has 3 N–H and O–H groups in total. The monoisotopic (exact) mass is 281 g/mol. The minimum Gasteiger partial charge on any atom is -0.349 e. The minimum absolute atomic E-state index is 0.547. The summed E-state index contributed by atoms with van der Waals surface area (Å²) in [5.41, 5.74) is 6.13. The zero-order valence-electron chi connectivity index (χ0n) is 8.60. The van der Waals surface area contributed by atoms with Crippen LogP contribution in [0, 0.1) is 0 Å². The van der Waals surface area contributed by atoms with Gasteiger partial charge in [0.1, 0.15) is 0 Å². The topological polar surface area (TPSA) is 68.2 Å². The maximum absolute atomic E-state index is 5.33. The van der Waals surface area contributed by atoms with Gasteiger partial charge in [-0.25, -0.2) is 4.52 Å². The van der Waals surface area contributed by atoms with Crippen molar-refractivity contribution in [1.82, 2.24) is 14.6 Å². The lowest BCUT2D eigenvalue weighted by atomic mass is 10.5. The number of rotatable bonds is 4. The van der Waals surface area contributed by atoms with E-state index in [1.54, 1.807) is 4.52 Å². The normalized spacial score (nSPS) is 11.4. The Morgan fingerprint density at radius 2 is 2.38 bits per heavy atom. The lowest BCUT2D eigenvalue weighted by Gasteiger charge is -1.93. The van der Waals surface area contributed by atoms with Gasteiger partial charge in [0, 0.05) is 19.3 Å². The van der Waals surface area contributed by atoms with Crippen LogP contribution in [0.25, 0.3) is 5.65 Å². The van der Waals surface area contributed by atoms with E-state index in [-0.39, 0.29) is 0 Å². The molecule has 0 saturated carbocycles. The van der Waals surface area contributed by atoms with Gasteiger partial charge in [-0.15, -0.1) is 5.10 Å². The van der Waals surface area contributed by atoms with E-state index in [4.69, 9.17) is 5.73 Å². The highest BCUT2D eigenvalue weighted by atomic mass is 79.9. The first-order valence-corrected chi connectivity index (χ1v) is 5.70. The van der Waals surface area contributed by atoms with Crippen molar-refractivity contribution < 1.29 is 0 Å². The Morgan fingerprint density at radius 1 is 1.50 bits per heavy atom. The summed E-state index contributed by atoms with van der Waals surface area (Å²) in [6.07, 6.45) is 5.69. The molecule has 0 aliphatic carbocycles. The van der Waals surface area contributed by atoms with Gasteiger partial charge in [-0.2, -0.15) is 4.98 Å². The van der Waals surface area contributed by atoms with E-state index in [1.165, 1.54) is 0 Å². The van der Waals surface area contributed by atoms with Crippen LogP contribution in [0.2, 0.25) is 0 Å². The third kappa shape index (κ3) is 2.40. The van der Waals surface area contributed by atoms with Crippen molar-refractivity contribution in [3.05, 3.63) is 35.0 Å². The molecule has 2 rings (SSSR count). The first-order chi connectivity index (χ1) is 7.81.